The van der Waals surface area contributed by atoms with E-state index in [0.717, 1.165) is 5.69 Å². The Hall–Kier alpha value is -2.40. The molecule has 0 fully saturated rings. The van der Waals surface area contributed by atoms with E-state index in [0.29, 0.717) is 16.5 Å². The molecule has 2 rings (SSSR count). The normalized spacial score (nSPS) is 10.9. The molecule has 7 nitrogen and oxygen atoms in total. The minimum atomic E-state index is -0.243. The zero-order chi connectivity index (χ0) is 17.7. The summed E-state index contributed by atoms with van der Waals surface area (Å²) in [6.07, 6.45) is 1.63. The number of thioether (sulfide) groups is 1. The Balaban J connectivity index is 2.00. The van der Waals surface area contributed by atoms with Crippen LogP contribution in [0.5, 0.6) is 0 Å². The average molecular weight is 346 g/mol. The lowest BCUT2D eigenvalue weighted by atomic mass is 10.1. The Labute approximate surface area is 145 Å². The summed E-state index contributed by atoms with van der Waals surface area (Å²) in [6.45, 7) is 7.98. The molecular formula is C16H20N5O2S+. The molecule has 1 N–H and O–H groups in total. The second-order valence-electron chi connectivity index (χ2n) is 5.83. The van der Waals surface area contributed by atoms with E-state index in [4.69, 9.17) is 4.52 Å². The van der Waals surface area contributed by atoms with Gasteiger partial charge in [-0.25, -0.2) is 4.98 Å². The van der Waals surface area contributed by atoms with Crippen LogP contribution >= 0.6 is 11.8 Å². The van der Waals surface area contributed by atoms with Crippen LogP contribution in [0.2, 0.25) is 0 Å². The fraction of sp³-hybridized carbons (Fsp3) is 0.438. The monoisotopic (exact) mass is 346 g/mol. The number of nitrogens with zero attached hydrogens (tertiary/aromatic N) is 4. The van der Waals surface area contributed by atoms with Crippen molar-refractivity contribution in [1.82, 2.24) is 10.3 Å². The van der Waals surface area contributed by atoms with Crippen LogP contribution in [0.25, 0.3) is 0 Å². The Morgan fingerprint density at radius 1 is 1.42 bits per heavy atom. The molecule has 0 aliphatic rings. The molecule has 0 saturated heterocycles. The van der Waals surface area contributed by atoms with Crippen LogP contribution in [0.4, 0.5) is 5.88 Å². The third kappa shape index (κ3) is 4.55. The molecule has 0 unspecified atom stereocenters. The number of carbonyl (C=O) groups excluding carboxylic acids is 1. The van der Waals surface area contributed by atoms with E-state index in [1.807, 2.05) is 33.8 Å². The molecular weight excluding hydrogens is 326 g/mol. The summed E-state index contributed by atoms with van der Waals surface area (Å²) in [7, 11) is 0. The maximum Gasteiger partial charge on any atom is 0.302 e. The van der Waals surface area contributed by atoms with Crippen molar-refractivity contribution in [3.05, 3.63) is 29.6 Å². The van der Waals surface area contributed by atoms with Crippen LogP contribution in [-0.2, 0) is 4.79 Å². The van der Waals surface area contributed by atoms with Crippen molar-refractivity contribution in [1.29, 1.82) is 5.26 Å². The van der Waals surface area contributed by atoms with Gasteiger partial charge in [0.05, 0.1) is 11.3 Å². The fourth-order valence-corrected chi connectivity index (χ4v) is 2.61. The molecule has 0 aromatic carbocycles. The van der Waals surface area contributed by atoms with Crippen molar-refractivity contribution in [2.45, 2.75) is 44.7 Å². The zero-order valence-corrected chi connectivity index (χ0v) is 14.9. The van der Waals surface area contributed by atoms with Gasteiger partial charge in [0.25, 0.3) is 6.20 Å². The summed E-state index contributed by atoms with van der Waals surface area (Å²) in [5, 5.41) is 16.2. The lowest BCUT2D eigenvalue weighted by Gasteiger charge is -2.08. The van der Waals surface area contributed by atoms with Crippen LogP contribution in [0.3, 0.4) is 0 Å². The van der Waals surface area contributed by atoms with Crippen LogP contribution in [0, 0.1) is 11.3 Å². The summed E-state index contributed by atoms with van der Waals surface area (Å²) >= 11 is 1.23. The number of pyridine rings is 1. The molecule has 0 radical (unpaired) electrons. The second-order valence-corrected chi connectivity index (χ2v) is 6.80. The molecule has 0 aliphatic carbocycles. The third-order valence-corrected chi connectivity index (χ3v) is 4.20. The van der Waals surface area contributed by atoms with Crippen molar-refractivity contribution >= 4 is 23.6 Å². The Kier molecular flexibility index (Phi) is 5.93. The number of nitriles is 1. The number of carbonyl (C=O) groups is 1. The van der Waals surface area contributed by atoms with Gasteiger partial charge in [0.15, 0.2) is 6.04 Å². The topological polar surface area (TPSA) is 95.7 Å². The SMILES string of the molecule is CC(C)c1ccc(C#N)c(SCC(=O)Nc2c[n+](C(C)C)no2)n1. The Bertz CT molecular complexity index is 764. The highest BCUT2D eigenvalue weighted by Gasteiger charge is 2.17. The number of hydrogen-bond donors (Lipinski definition) is 1. The lowest BCUT2D eigenvalue weighted by molar-refractivity contribution is -0.779. The van der Waals surface area contributed by atoms with E-state index in [-0.39, 0.29) is 23.6 Å². The van der Waals surface area contributed by atoms with Crippen molar-refractivity contribution in [3.8, 4) is 6.07 Å². The lowest BCUT2D eigenvalue weighted by Crippen LogP contribution is -2.36. The van der Waals surface area contributed by atoms with Crippen molar-refractivity contribution in [3.63, 3.8) is 0 Å². The molecule has 0 aliphatic heterocycles. The van der Waals surface area contributed by atoms with E-state index in [9.17, 15) is 10.1 Å². The van der Waals surface area contributed by atoms with Gasteiger partial charge in [-0.1, -0.05) is 25.6 Å². The predicted octanol–water partition coefficient (Wildman–Crippen LogP) is 2.66. The summed E-state index contributed by atoms with van der Waals surface area (Å²) in [5.74, 6) is 0.434. The molecule has 2 aromatic heterocycles. The number of amides is 1. The van der Waals surface area contributed by atoms with Gasteiger partial charge in [-0.15, -0.1) is 0 Å². The van der Waals surface area contributed by atoms with Gasteiger partial charge in [0.2, 0.25) is 11.2 Å². The smallest absolute Gasteiger partial charge is 0.288 e. The molecule has 1 amide bonds. The molecule has 0 saturated carbocycles. The molecule has 0 bridgehead atoms. The second kappa shape index (κ2) is 7.93. The van der Waals surface area contributed by atoms with Gasteiger partial charge in [-0.05, 0) is 36.6 Å². The van der Waals surface area contributed by atoms with Gasteiger partial charge in [0, 0.05) is 5.69 Å². The van der Waals surface area contributed by atoms with Crippen molar-refractivity contribution < 1.29 is 14.0 Å². The van der Waals surface area contributed by atoms with Crippen LogP contribution in [0.1, 0.15) is 50.9 Å². The molecule has 126 valence electrons. The molecule has 0 spiro atoms. The van der Waals surface area contributed by atoms with Crippen LogP contribution < -0.4 is 10.00 Å². The number of anilines is 1. The quantitative estimate of drug-likeness (QED) is 0.638. The Morgan fingerprint density at radius 2 is 2.17 bits per heavy atom. The van der Waals surface area contributed by atoms with E-state index in [1.165, 1.54) is 11.8 Å². The maximum atomic E-state index is 12.0. The van der Waals surface area contributed by atoms with Gasteiger partial charge in [-0.2, -0.15) is 5.26 Å². The molecule has 0 atom stereocenters. The van der Waals surface area contributed by atoms with E-state index in [1.54, 1.807) is 16.9 Å². The predicted molar refractivity (Wildman–Crippen MR) is 89.5 cm³/mol. The molecule has 2 aromatic rings. The number of hydrogen-bond acceptors (Lipinski definition) is 6. The van der Waals surface area contributed by atoms with Gasteiger partial charge < -0.3 is 0 Å². The highest BCUT2D eigenvalue weighted by atomic mass is 32.2. The standard InChI is InChI=1S/C16H19N5O2S/c1-10(2)13-6-5-12(7-17)16(18-13)24-9-14(22)19-15-8-21(11(3)4)20-23-15/h5-6,8,10-11H,9H2,1-4H3/p+1. The first kappa shape index (κ1) is 17.9. The first-order valence-corrected chi connectivity index (χ1v) is 8.61. The number of aromatic nitrogens is 3. The van der Waals surface area contributed by atoms with Crippen LogP contribution in [0.15, 0.2) is 27.9 Å². The van der Waals surface area contributed by atoms with E-state index in [2.05, 4.69) is 21.6 Å². The molecule has 8 heteroatoms. The highest BCUT2D eigenvalue weighted by Crippen LogP contribution is 2.23. The summed E-state index contributed by atoms with van der Waals surface area (Å²) in [6, 6.07) is 5.83. The minimum Gasteiger partial charge on any atom is -0.288 e. The summed E-state index contributed by atoms with van der Waals surface area (Å²) in [5.41, 5.74) is 1.36. The summed E-state index contributed by atoms with van der Waals surface area (Å²) < 4.78 is 6.66. The zero-order valence-electron chi connectivity index (χ0n) is 14.1. The first-order chi connectivity index (χ1) is 11.4. The minimum absolute atomic E-state index is 0.131. The summed E-state index contributed by atoms with van der Waals surface area (Å²) in [4.78, 5) is 16.5. The molecule has 2 heterocycles. The third-order valence-electron chi connectivity index (χ3n) is 3.21. The van der Waals surface area contributed by atoms with Gasteiger partial charge >= 0.3 is 5.88 Å². The van der Waals surface area contributed by atoms with Gasteiger partial charge in [0.1, 0.15) is 11.1 Å². The van der Waals surface area contributed by atoms with E-state index >= 15 is 0 Å². The van der Waals surface area contributed by atoms with Crippen molar-refractivity contribution in [2.75, 3.05) is 11.1 Å². The van der Waals surface area contributed by atoms with Crippen LogP contribution in [-0.4, -0.2) is 21.9 Å². The first-order valence-electron chi connectivity index (χ1n) is 7.62. The van der Waals surface area contributed by atoms with Gasteiger partial charge in [-0.3, -0.25) is 14.6 Å². The number of nitrogens with one attached hydrogen (secondary N) is 1. The average Bonchev–Trinajstić information content (AvgIpc) is 3.01. The maximum absolute atomic E-state index is 12.0. The van der Waals surface area contributed by atoms with Crippen molar-refractivity contribution in [2.24, 2.45) is 0 Å². The highest BCUT2D eigenvalue weighted by molar-refractivity contribution is 8.00. The largest absolute Gasteiger partial charge is 0.302 e. The molecule has 24 heavy (non-hydrogen) atoms. The number of rotatable bonds is 6. The fourth-order valence-electron chi connectivity index (χ4n) is 1.84. The Morgan fingerprint density at radius 3 is 2.75 bits per heavy atom. The van der Waals surface area contributed by atoms with E-state index < -0.39 is 0 Å².